The SMILES string of the molecule is O=C(OCc1ccccc1)N1CCCC2C1CCN2S(=O)(=O)c1cccc2cncc(Cl)c12.O=S(=O)(Cl)c1cccc2cncc(Cl)c12.O=S(=O)(c1cccc2cncc(Cl)c12)N1CCC2NCCCC21. The molecule has 0 spiro atoms. The van der Waals surface area contributed by atoms with Crippen molar-refractivity contribution < 1.29 is 34.8 Å². The molecule has 71 heavy (non-hydrogen) atoms. The summed E-state index contributed by atoms with van der Waals surface area (Å²) in [6.45, 7) is 2.64. The van der Waals surface area contributed by atoms with Crippen LogP contribution in [0, 0.1) is 0 Å². The molecule has 0 radical (unpaired) electrons. The Morgan fingerprint density at radius 1 is 0.563 bits per heavy atom. The maximum absolute atomic E-state index is 13.8. The van der Waals surface area contributed by atoms with Crippen LogP contribution in [-0.2, 0) is 40.4 Å². The van der Waals surface area contributed by atoms with Gasteiger partial charge in [0.05, 0.1) is 35.8 Å². The lowest BCUT2D eigenvalue weighted by molar-refractivity contribution is 0.0606. The molecule has 4 unspecified atom stereocenters. The second kappa shape index (κ2) is 21.4. The van der Waals surface area contributed by atoms with Crippen molar-refractivity contribution in [3.8, 4) is 0 Å². The van der Waals surface area contributed by atoms with Gasteiger partial charge in [-0.05, 0) is 68.8 Å². The number of ether oxygens (including phenoxy) is 1. The van der Waals surface area contributed by atoms with Gasteiger partial charge in [-0.25, -0.2) is 30.0 Å². The first-order valence-corrected chi connectivity index (χ1v) is 29.1. The van der Waals surface area contributed by atoms with Gasteiger partial charge in [0.2, 0.25) is 20.0 Å². The van der Waals surface area contributed by atoms with Crippen molar-refractivity contribution in [3.05, 3.63) is 143 Å². The van der Waals surface area contributed by atoms with Crippen molar-refractivity contribution in [3.63, 3.8) is 0 Å². The summed E-state index contributed by atoms with van der Waals surface area (Å²) in [5.74, 6) is 0. The van der Waals surface area contributed by atoms with Crippen LogP contribution in [0.25, 0.3) is 32.3 Å². The van der Waals surface area contributed by atoms with Crippen molar-refractivity contribution in [1.29, 1.82) is 0 Å². The predicted molar refractivity (Wildman–Crippen MR) is 275 cm³/mol. The molecule has 15 nitrogen and oxygen atoms in total. The number of halogens is 4. The van der Waals surface area contributed by atoms with Gasteiger partial charge in [0.1, 0.15) is 6.61 Å². The van der Waals surface area contributed by atoms with E-state index in [2.05, 4.69) is 20.3 Å². The van der Waals surface area contributed by atoms with Crippen LogP contribution in [0.5, 0.6) is 0 Å². The molecular formula is C49H47Cl4N7O8S3. The standard InChI is InChI=1S/C24H24ClN3O4S.C16H18ClN3O2S.C9H5Cl2NO2S/c25-19-15-26-14-18-8-4-10-22(23(18)19)33(30,31)28-13-11-20-21(28)9-5-12-27(20)24(29)32-16-17-6-2-1-3-7-17;17-12-10-18-9-11-3-1-5-15(16(11)12)23(21,22)20-8-6-13-14(20)4-2-7-19-13;10-7-5-12-4-6-2-1-3-8(9(6)7)15(11,13)14/h1-4,6-8,10,14-15,20-21H,5,9,11-13,16H2;1,3,5,9-10,13-14,19H,2,4,6-8H2;1-5H. The smallest absolute Gasteiger partial charge is 0.410 e. The third-order valence-corrected chi connectivity index (χ3v) is 19.5. The highest BCUT2D eigenvalue weighted by atomic mass is 35.7. The number of fused-ring (bicyclic) bond motifs is 5. The van der Waals surface area contributed by atoms with Crippen LogP contribution in [0.3, 0.4) is 0 Å². The summed E-state index contributed by atoms with van der Waals surface area (Å²) in [6.07, 6.45) is 13.5. The van der Waals surface area contributed by atoms with Crippen molar-refractivity contribution >= 4 is 113 Å². The number of carbonyl (C=O) groups is 1. The van der Waals surface area contributed by atoms with Gasteiger partial charge in [0, 0.05) is 118 Å². The number of nitrogens with zero attached hydrogens (tertiary/aromatic N) is 6. The minimum atomic E-state index is -3.82. The number of sulfonamides is 2. The van der Waals surface area contributed by atoms with Gasteiger partial charge in [0.15, 0.2) is 0 Å². The van der Waals surface area contributed by atoms with Crippen molar-refractivity contribution in [1.82, 2.24) is 33.8 Å². The molecule has 4 saturated heterocycles. The summed E-state index contributed by atoms with van der Waals surface area (Å²) in [5.41, 5.74) is 0.914. The van der Waals surface area contributed by atoms with Crippen LogP contribution in [0.15, 0.2) is 137 Å². The van der Waals surface area contributed by atoms with Crippen LogP contribution in [-0.4, -0.2) is 110 Å². The van der Waals surface area contributed by atoms with Crippen LogP contribution < -0.4 is 5.32 Å². The number of pyridine rings is 3. The quantitative estimate of drug-likeness (QED) is 0.149. The van der Waals surface area contributed by atoms with Gasteiger partial charge in [-0.15, -0.1) is 0 Å². The molecule has 0 bridgehead atoms. The van der Waals surface area contributed by atoms with E-state index in [0.29, 0.717) is 75.9 Å². The van der Waals surface area contributed by atoms with E-state index in [1.807, 2.05) is 36.4 Å². The molecule has 7 aromatic rings. The van der Waals surface area contributed by atoms with E-state index in [9.17, 15) is 30.0 Å². The number of rotatable bonds is 7. The number of nitrogens with one attached hydrogen (secondary N) is 1. The molecule has 11 rings (SSSR count). The summed E-state index contributed by atoms with van der Waals surface area (Å²) in [7, 11) is -5.89. The van der Waals surface area contributed by atoms with Gasteiger partial charge in [-0.1, -0.05) is 102 Å². The Morgan fingerprint density at radius 2 is 1.06 bits per heavy atom. The minimum Gasteiger partial charge on any atom is -0.445 e. The zero-order valence-electron chi connectivity index (χ0n) is 37.8. The normalized spacial score (nSPS) is 20.6. The zero-order valence-corrected chi connectivity index (χ0v) is 43.3. The highest BCUT2D eigenvalue weighted by Crippen LogP contribution is 2.39. The third kappa shape index (κ3) is 10.6. The molecule has 3 aromatic heterocycles. The lowest BCUT2D eigenvalue weighted by Gasteiger charge is -2.38. The molecule has 4 atom stereocenters. The molecule has 4 aromatic carbocycles. The third-order valence-electron chi connectivity index (χ3n) is 13.3. The number of hydrogen-bond acceptors (Lipinski definition) is 12. The molecule has 1 N–H and O–H groups in total. The number of aromatic nitrogens is 3. The van der Waals surface area contributed by atoms with E-state index in [4.69, 9.17) is 50.2 Å². The fourth-order valence-electron chi connectivity index (χ4n) is 10.1. The molecular weight excluding hydrogens is 1050 g/mol. The average molecular weight is 1100 g/mol. The van der Waals surface area contributed by atoms with Crippen LogP contribution in [0.1, 0.15) is 44.1 Å². The highest BCUT2D eigenvalue weighted by Gasteiger charge is 2.48. The maximum Gasteiger partial charge on any atom is 0.410 e. The molecule has 4 fully saturated rings. The molecule has 4 aliphatic heterocycles. The van der Waals surface area contributed by atoms with E-state index in [0.717, 1.165) is 36.8 Å². The Kier molecular flexibility index (Phi) is 15.4. The Hall–Kier alpha value is -4.73. The number of carbonyl (C=O) groups excluding carboxylic acids is 1. The Bertz CT molecular complexity index is 3460. The number of benzene rings is 4. The highest BCUT2D eigenvalue weighted by molar-refractivity contribution is 8.14. The molecule has 7 heterocycles. The summed E-state index contributed by atoms with van der Waals surface area (Å²) in [6, 6.07) is 24.4. The summed E-state index contributed by atoms with van der Waals surface area (Å²) < 4.78 is 85.4. The van der Waals surface area contributed by atoms with Gasteiger partial charge in [-0.2, -0.15) is 8.61 Å². The van der Waals surface area contributed by atoms with Gasteiger partial charge in [0.25, 0.3) is 9.05 Å². The lowest BCUT2D eigenvalue weighted by atomic mass is 9.98. The van der Waals surface area contributed by atoms with E-state index in [1.54, 1.807) is 68.4 Å². The van der Waals surface area contributed by atoms with Crippen LogP contribution in [0.4, 0.5) is 4.79 Å². The van der Waals surface area contributed by atoms with Crippen molar-refractivity contribution in [2.75, 3.05) is 26.2 Å². The Labute approximate surface area is 431 Å². The van der Waals surface area contributed by atoms with Crippen molar-refractivity contribution in [2.45, 2.75) is 84.0 Å². The van der Waals surface area contributed by atoms with Crippen LogP contribution in [0.2, 0.25) is 15.1 Å². The first-order chi connectivity index (χ1) is 34.1. The fraction of sp³-hybridized carbons (Fsp3) is 0.306. The van der Waals surface area contributed by atoms with Crippen LogP contribution >= 0.6 is 45.5 Å². The summed E-state index contributed by atoms with van der Waals surface area (Å²) in [5, 5.41) is 7.91. The fourth-order valence-corrected chi connectivity index (χ4v) is 16.1. The van der Waals surface area contributed by atoms with E-state index >= 15 is 0 Å². The second-order valence-electron chi connectivity index (χ2n) is 17.5. The molecule has 1 amide bonds. The molecule has 22 heteroatoms. The summed E-state index contributed by atoms with van der Waals surface area (Å²) in [4.78, 5) is 27.0. The Morgan fingerprint density at radius 3 is 1.61 bits per heavy atom. The Balaban J connectivity index is 0.000000142. The van der Waals surface area contributed by atoms with Gasteiger partial charge in [-0.3, -0.25) is 15.0 Å². The van der Waals surface area contributed by atoms with Crippen molar-refractivity contribution in [2.24, 2.45) is 0 Å². The van der Waals surface area contributed by atoms with Gasteiger partial charge < -0.3 is 15.0 Å². The first kappa shape index (κ1) is 51.2. The summed E-state index contributed by atoms with van der Waals surface area (Å²) >= 11 is 18.5. The second-order valence-corrected chi connectivity index (χ2v) is 24.9. The van der Waals surface area contributed by atoms with E-state index in [1.165, 1.54) is 30.9 Å². The number of hydrogen-bond donors (Lipinski definition) is 1. The number of amides is 1. The van der Waals surface area contributed by atoms with Gasteiger partial charge >= 0.3 is 6.09 Å². The maximum atomic E-state index is 13.8. The number of likely N-dealkylation sites (tertiary alicyclic amines) is 1. The van der Waals surface area contributed by atoms with E-state index < -0.39 is 35.2 Å². The first-order valence-electron chi connectivity index (χ1n) is 22.8. The predicted octanol–water partition coefficient (Wildman–Crippen LogP) is 9.67. The molecule has 0 saturated carbocycles. The molecule has 0 aliphatic carbocycles. The topological polar surface area (TPSA) is 189 Å². The molecule has 4 aliphatic rings. The average Bonchev–Trinajstić information content (AvgIpc) is 4.02. The monoisotopic (exact) mass is 1100 g/mol. The minimum absolute atomic E-state index is 0.00840. The zero-order chi connectivity index (χ0) is 50.1. The largest absolute Gasteiger partial charge is 0.445 e. The van der Waals surface area contributed by atoms with E-state index in [-0.39, 0.29) is 50.5 Å². The molecule has 372 valence electrons. The lowest BCUT2D eigenvalue weighted by Crippen LogP contribution is -2.52. The number of piperidine rings is 2.